The Morgan fingerprint density at radius 3 is 2.40 bits per heavy atom. The van der Waals surface area contributed by atoms with Crippen molar-refractivity contribution in [2.45, 2.75) is 19.4 Å². The van der Waals surface area contributed by atoms with E-state index in [-0.39, 0.29) is 6.42 Å². The molecule has 0 radical (unpaired) electrons. The molecule has 5 N–H and O–H groups in total. The van der Waals surface area contributed by atoms with Crippen LogP contribution in [0.4, 0.5) is 4.79 Å². The maximum Gasteiger partial charge on any atom is 0.321 e. The number of primary amides is 1. The maximum atomic E-state index is 11.2. The molecular formula is C8H16N4O3. The standard InChI is InChI=1S/C8H16N4O3/c1-5(11-4-3-6(9)13)7(14)12-8(15)10-2/h5,11H,3-4H2,1-2H3,(H2,9,13)(H2,10,12,14,15). The van der Waals surface area contributed by atoms with E-state index in [4.69, 9.17) is 5.73 Å². The summed E-state index contributed by atoms with van der Waals surface area (Å²) in [4.78, 5) is 32.4. The van der Waals surface area contributed by atoms with Gasteiger partial charge in [0.2, 0.25) is 11.8 Å². The number of hydrogen-bond donors (Lipinski definition) is 4. The van der Waals surface area contributed by atoms with Crippen LogP contribution in [0.25, 0.3) is 0 Å². The number of urea groups is 1. The zero-order valence-corrected chi connectivity index (χ0v) is 8.79. The number of nitrogens with two attached hydrogens (primary N) is 1. The number of carbonyl (C=O) groups is 3. The molecule has 0 saturated carbocycles. The van der Waals surface area contributed by atoms with Gasteiger partial charge in [0.25, 0.3) is 0 Å². The molecule has 7 nitrogen and oxygen atoms in total. The van der Waals surface area contributed by atoms with E-state index in [1.54, 1.807) is 6.92 Å². The highest BCUT2D eigenvalue weighted by molar-refractivity contribution is 5.96. The SMILES string of the molecule is CNC(=O)NC(=O)C(C)NCCC(N)=O. The normalized spacial score (nSPS) is 11.6. The van der Waals surface area contributed by atoms with E-state index >= 15 is 0 Å². The number of amides is 4. The molecule has 0 rings (SSSR count). The van der Waals surface area contributed by atoms with Crippen LogP contribution in [0.3, 0.4) is 0 Å². The zero-order valence-electron chi connectivity index (χ0n) is 8.79. The Labute approximate surface area is 87.8 Å². The first-order chi connectivity index (χ1) is 6.97. The maximum absolute atomic E-state index is 11.2. The quantitative estimate of drug-likeness (QED) is 0.438. The highest BCUT2D eigenvalue weighted by atomic mass is 16.2. The molecule has 0 saturated heterocycles. The highest BCUT2D eigenvalue weighted by Gasteiger charge is 2.14. The number of nitrogens with one attached hydrogen (secondary N) is 3. The molecule has 0 aliphatic heterocycles. The Bertz CT molecular complexity index is 254. The summed E-state index contributed by atoms with van der Waals surface area (Å²) in [6, 6.07) is -1.12. The van der Waals surface area contributed by atoms with Crippen LogP contribution in [-0.4, -0.2) is 37.5 Å². The third-order valence-electron chi connectivity index (χ3n) is 1.68. The number of rotatable bonds is 5. The summed E-state index contributed by atoms with van der Waals surface area (Å²) in [5.41, 5.74) is 4.91. The fourth-order valence-corrected chi connectivity index (χ4v) is 0.787. The minimum absolute atomic E-state index is 0.150. The second-order valence-electron chi connectivity index (χ2n) is 2.96. The van der Waals surface area contributed by atoms with Gasteiger partial charge in [0.15, 0.2) is 0 Å². The van der Waals surface area contributed by atoms with Crippen molar-refractivity contribution < 1.29 is 14.4 Å². The average molecular weight is 216 g/mol. The Balaban J connectivity index is 3.79. The van der Waals surface area contributed by atoms with Gasteiger partial charge < -0.3 is 16.4 Å². The van der Waals surface area contributed by atoms with E-state index < -0.39 is 23.9 Å². The predicted molar refractivity (Wildman–Crippen MR) is 53.9 cm³/mol. The van der Waals surface area contributed by atoms with Crippen LogP contribution in [0, 0.1) is 0 Å². The van der Waals surface area contributed by atoms with Gasteiger partial charge in [0.05, 0.1) is 6.04 Å². The van der Waals surface area contributed by atoms with Crippen molar-refractivity contribution in [2.75, 3.05) is 13.6 Å². The molecular weight excluding hydrogens is 200 g/mol. The fraction of sp³-hybridized carbons (Fsp3) is 0.625. The van der Waals surface area contributed by atoms with Crippen molar-refractivity contribution in [3.8, 4) is 0 Å². The zero-order chi connectivity index (χ0) is 11.8. The molecule has 0 aliphatic carbocycles. The molecule has 0 heterocycles. The van der Waals surface area contributed by atoms with Gasteiger partial charge in [-0.15, -0.1) is 0 Å². The molecule has 0 aromatic heterocycles. The summed E-state index contributed by atoms with van der Waals surface area (Å²) in [6.45, 7) is 1.89. The summed E-state index contributed by atoms with van der Waals surface area (Å²) < 4.78 is 0. The van der Waals surface area contributed by atoms with E-state index in [2.05, 4.69) is 16.0 Å². The second-order valence-corrected chi connectivity index (χ2v) is 2.96. The van der Waals surface area contributed by atoms with Crippen LogP contribution in [0.5, 0.6) is 0 Å². The van der Waals surface area contributed by atoms with Crippen LogP contribution < -0.4 is 21.7 Å². The lowest BCUT2D eigenvalue weighted by Crippen LogP contribution is -2.47. The first-order valence-corrected chi connectivity index (χ1v) is 4.51. The smallest absolute Gasteiger partial charge is 0.321 e. The lowest BCUT2D eigenvalue weighted by molar-refractivity contribution is -0.122. The van der Waals surface area contributed by atoms with Gasteiger partial charge in [-0.1, -0.05) is 0 Å². The molecule has 1 unspecified atom stereocenters. The van der Waals surface area contributed by atoms with Crippen LogP contribution in [0.1, 0.15) is 13.3 Å². The van der Waals surface area contributed by atoms with E-state index in [9.17, 15) is 14.4 Å². The van der Waals surface area contributed by atoms with Crippen molar-refractivity contribution in [3.05, 3.63) is 0 Å². The molecule has 0 aliphatic rings. The summed E-state index contributed by atoms with van der Waals surface area (Å²) in [5, 5.41) is 7.10. The summed E-state index contributed by atoms with van der Waals surface area (Å²) in [5.74, 6) is -0.903. The molecule has 0 aromatic carbocycles. The van der Waals surface area contributed by atoms with Crippen LogP contribution in [0.15, 0.2) is 0 Å². The average Bonchev–Trinajstić information content (AvgIpc) is 2.16. The monoisotopic (exact) mass is 216 g/mol. The molecule has 0 spiro atoms. The Morgan fingerprint density at radius 2 is 1.93 bits per heavy atom. The molecule has 15 heavy (non-hydrogen) atoms. The molecule has 0 aromatic rings. The van der Waals surface area contributed by atoms with Crippen molar-refractivity contribution in [1.29, 1.82) is 0 Å². The Hall–Kier alpha value is -1.63. The van der Waals surface area contributed by atoms with Crippen molar-refractivity contribution in [3.63, 3.8) is 0 Å². The van der Waals surface area contributed by atoms with E-state index in [0.29, 0.717) is 6.54 Å². The topological polar surface area (TPSA) is 113 Å². The Morgan fingerprint density at radius 1 is 1.33 bits per heavy atom. The summed E-state index contributed by atoms with van der Waals surface area (Å²) in [6.07, 6.45) is 0.150. The van der Waals surface area contributed by atoms with Gasteiger partial charge in [-0.25, -0.2) is 4.79 Å². The molecule has 0 bridgehead atoms. The van der Waals surface area contributed by atoms with Crippen molar-refractivity contribution in [1.82, 2.24) is 16.0 Å². The molecule has 4 amide bonds. The van der Waals surface area contributed by atoms with Gasteiger partial charge >= 0.3 is 6.03 Å². The van der Waals surface area contributed by atoms with Gasteiger partial charge in [-0.05, 0) is 6.92 Å². The largest absolute Gasteiger partial charge is 0.370 e. The van der Waals surface area contributed by atoms with Gasteiger partial charge in [-0.2, -0.15) is 0 Å². The predicted octanol–water partition coefficient (Wildman–Crippen LogP) is -1.70. The van der Waals surface area contributed by atoms with Gasteiger partial charge in [0.1, 0.15) is 0 Å². The minimum atomic E-state index is -0.566. The molecule has 1 atom stereocenters. The van der Waals surface area contributed by atoms with Crippen LogP contribution in [0.2, 0.25) is 0 Å². The highest BCUT2D eigenvalue weighted by Crippen LogP contribution is 1.83. The molecule has 0 fully saturated rings. The lowest BCUT2D eigenvalue weighted by Gasteiger charge is -2.12. The number of carbonyl (C=O) groups excluding carboxylic acids is 3. The molecule has 86 valence electrons. The summed E-state index contributed by atoms with van der Waals surface area (Å²) in [7, 11) is 1.41. The third-order valence-corrected chi connectivity index (χ3v) is 1.68. The first kappa shape index (κ1) is 13.4. The van der Waals surface area contributed by atoms with E-state index in [0.717, 1.165) is 0 Å². The van der Waals surface area contributed by atoms with E-state index in [1.165, 1.54) is 7.05 Å². The fourth-order valence-electron chi connectivity index (χ4n) is 0.787. The van der Waals surface area contributed by atoms with Crippen LogP contribution >= 0.6 is 0 Å². The third kappa shape index (κ3) is 6.44. The van der Waals surface area contributed by atoms with Gasteiger partial charge in [-0.3, -0.25) is 14.9 Å². The van der Waals surface area contributed by atoms with Crippen LogP contribution in [-0.2, 0) is 9.59 Å². The summed E-state index contributed by atoms with van der Waals surface area (Å²) >= 11 is 0. The van der Waals surface area contributed by atoms with Crippen molar-refractivity contribution >= 4 is 17.8 Å². The number of hydrogen-bond acceptors (Lipinski definition) is 4. The van der Waals surface area contributed by atoms with Crippen molar-refractivity contribution in [2.24, 2.45) is 5.73 Å². The molecule has 7 heteroatoms. The van der Waals surface area contributed by atoms with E-state index in [1.807, 2.05) is 0 Å². The Kier molecular flexibility index (Phi) is 6.03. The lowest BCUT2D eigenvalue weighted by atomic mass is 10.3. The number of imide groups is 1. The minimum Gasteiger partial charge on any atom is -0.370 e. The van der Waals surface area contributed by atoms with Gasteiger partial charge in [0, 0.05) is 20.0 Å². The first-order valence-electron chi connectivity index (χ1n) is 4.51. The second kappa shape index (κ2) is 6.77.